The first-order valence-corrected chi connectivity index (χ1v) is 7.26. The predicted octanol–water partition coefficient (Wildman–Crippen LogP) is 3.67. The van der Waals surface area contributed by atoms with Crippen LogP contribution in [0.1, 0.15) is 43.8 Å². The summed E-state index contributed by atoms with van der Waals surface area (Å²) in [6.07, 6.45) is -0.167. The number of nitrogens with zero attached hydrogens (tertiary/aromatic N) is 2. The standard InChI is InChI=1S/C16H23N3O2/c1-6-20-14(9(2)3)15-18-16(21-19-15)12-8-10(4)7-11(5)13(12)17/h7-9,14H,6,17H2,1-5H3. The molecule has 21 heavy (non-hydrogen) atoms. The highest BCUT2D eigenvalue weighted by atomic mass is 16.5. The summed E-state index contributed by atoms with van der Waals surface area (Å²) in [6.45, 7) is 10.7. The minimum absolute atomic E-state index is 0.167. The van der Waals surface area contributed by atoms with Crippen molar-refractivity contribution in [2.24, 2.45) is 5.92 Å². The first-order valence-electron chi connectivity index (χ1n) is 7.26. The predicted molar refractivity (Wildman–Crippen MR) is 82.8 cm³/mol. The lowest BCUT2D eigenvalue weighted by atomic mass is 10.0. The van der Waals surface area contributed by atoms with Crippen molar-refractivity contribution in [2.45, 2.75) is 40.7 Å². The zero-order valence-corrected chi connectivity index (χ0v) is 13.3. The summed E-state index contributed by atoms with van der Waals surface area (Å²) < 4.78 is 11.1. The van der Waals surface area contributed by atoms with Crippen molar-refractivity contribution in [1.82, 2.24) is 10.1 Å². The van der Waals surface area contributed by atoms with Gasteiger partial charge in [0.2, 0.25) is 5.82 Å². The molecule has 5 heteroatoms. The minimum atomic E-state index is -0.167. The highest BCUT2D eigenvalue weighted by Crippen LogP contribution is 2.31. The van der Waals surface area contributed by atoms with Crippen LogP contribution in [-0.4, -0.2) is 16.7 Å². The Morgan fingerprint density at radius 3 is 2.62 bits per heavy atom. The number of ether oxygens (including phenoxy) is 1. The lowest BCUT2D eigenvalue weighted by molar-refractivity contribution is 0.0217. The van der Waals surface area contributed by atoms with Gasteiger partial charge >= 0.3 is 0 Å². The molecule has 114 valence electrons. The molecule has 1 aromatic carbocycles. The average molecular weight is 289 g/mol. The summed E-state index contributed by atoms with van der Waals surface area (Å²) in [5.74, 6) is 1.28. The van der Waals surface area contributed by atoms with Gasteiger partial charge in [-0.15, -0.1) is 0 Å². The van der Waals surface area contributed by atoms with Crippen LogP contribution in [0.25, 0.3) is 11.5 Å². The summed E-state index contributed by atoms with van der Waals surface area (Å²) in [7, 11) is 0. The van der Waals surface area contributed by atoms with Crippen LogP contribution in [-0.2, 0) is 4.74 Å². The molecule has 1 unspecified atom stereocenters. The molecule has 0 bridgehead atoms. The van der Waals surface area contributed by atoms with Gasteiger partial charge in [0.05, 0.1) is 5.56 Å². The Bertz CT molecular complexity index is 620. The fourth-order valence-corrected chi connectivity index (χ4v) is 2.36. The molecule has 1 heterocycles. The second kappa shape index (κ2) is 6.26. The smallest absolute Gasteiger partial charge is 0.260 e. The van der Waals surface area contributed by atoms with Gasteiger partial charge < -0.3 is 15.0 Å². The molecule has 0 radical (unpaired) electrons. The van der Waals surface area contributed by atoms with Gasteiger partial charge in [0, 0.05) is 12.3 Å². The molecule has 2 rings (SSSR count). The quantitative estimate of drug-likeness (QED) is 0.850. The van der Waals surface area contributed by atoms with E-state index in [0.29, 0.717) is 24.0 Å². The Kier molecular flexibility index (Phi) is 4.63. The molecule has 0 aliphatic heterocycles. The fraction of sp³-hybridized carbons (Fsp3) is 0.500. The summed E-state index contributed by atoms with van der Waals surface area (Å²) >= 11 is 0. The molecule has 2 N–H and O–H groups in total. The van der Waals surface area contributed by atoms with Gasteiger partial charge in [0.25, 0.3) is 5.89 Å². The van der Waals surface area contributed by atoms with E-state index in [1.165, 1.54) is 0 Å². The molecule has 1 aromatic heterocycles. The van der Waals surface area contributed by atoms with Crippen LogP contribution in [0.5, 0.6) is 0 Å². The number of benzene rings is 1. The lowest BCUT2D eigenvalue weighted by Crippen LogP contribution is -2.12. The number of aryl methyl sites for hydroxylation is 2. The Labute approximate surface area is 125 Å². The molecule has 5 nitrogen and oxygen atoms in total. The van der Waals surface area contributed by atoms with Gasteiger partial charge in [-0.05, 0) is 43.9 Å². The average Bonchev–Trinajstić information content (AvgIpc) is 2.88. The van der Waals surface area contributed by atoms with Crippen molar-refractivity contribution in [3.8, 4) is 11.5 Å². The van der Waals surface area contributed by atoms with Crippen LogP contribution in [0.3, 0.4) is 0 Å². The summed E-state index contributed by atoms with van der Waals surface area (Å²) in [5.41, 5.74) is 9.71. The zero-order valence-electron chi connectivity index (χ0n) is 13.3. The molecule has 0 saturated heterocycles. The normalized spacial score (nSPS) is 12.9. The second-order valence-electron chi connectivity index (χ2n) is 5.62. The molecule has 1 atom stereocenters. The van der Waals surface area contributed by atoms with Crippen LogP contribution in [0, 0.1) is 19.8 Å². The van der Waals surface area contributed by atoms with E-state index in [9.17, 15) is 0 Å². The second-order valence-corrected chi connectivity index (χ2v) is 5.62. The van der Waals surface area contributed by atoms with E-state index < -0.39 is 0 Å². The van der Waals surface area contributed by atoms with E-state index in [4.69, 9.17) is 15.0 Å². The van der Waals surface area contributed by atoms with Crippen molar-refractivity contribution in [3.63, 3.8) is 0 Å². The number of nitrogen functional groups attached to an aromatic ring is 1. The molecule has 0 spiro atoms. The molecule has 0 aliphatic rings. The highest BCUT2D eigenvalue weighted by Gasteiger charge is 2.23. The highest BCUT2D eigenvalue weighted by molar-refractivity contribution is 5.74. The SMILES string of the molecule is CCOC(c1noc(-c2cc(C)cc(C)c2N)n1)C(C)C. The molecular weight excluding hydrogens is 266 g/mol. The number of hydrogen-bond donors (Lipinski definition) is 1. The van der Waals surface area contributed by atoms with Crippen molar-refractivity contribution >= 4 is 5.69 Å². The third kappa shape index (κ3) is 3.24. The van der Waals surface area contributed by atoms with E-state index in [1.807, 2.05) is 32.9 Å². The van der Waals surface area contributed by atoms with Gasteiger partial charge in [-0.1, -0.05) is 25.1 Å². The monoisotopic (exact) mass is 289 g/mol. The van der Waals surface area contributed by atoms with Gasteiger partial charge in [-0.3, -0.25) is 0 Å². The Morgan fingerprint density at radius 1 is 1.29 bits per heavy atom. The van der Waals surface area contributed by atoms with Crippen molar-refractivity contribution in [2.75, 3.05) is 12.3 Å². The molecule has 0 amide bonds. The number of nitrogens with two attached hydrogens (primary N) is 1. The zero-order chi connectivity index (χ0) is 15.6. The Hall–Kier alpha value is -1.88. The number of hydrogen-bond acceptors (Lipinski definition) is 5. The van der Waals surface area contributed by atoms with E-state index in [2.05, 4.69) is 24.0 Å². The van der Waals surface area contributed by atoms with Crippen LogP contribution in [0.4, 0.5) is 5.69 Å². The first-order chi connectivity index (χ1) is 9.93. The molecule has 0 fully saturated rings. The van der Waals surface area contributed by atoms with Gasteiger partial charge in [0.15, 0.2) is 0 Å². The van der Waals surface area contributed by atoms with Gasteiger partial charge in [-0.2, -0.15) is 4.98 Å². The lowest BCUT2D eigenvalue weighted by Gasteiger charge is -2.16. The summed E-state index contributed by atoms with van der Waals surface area (Å²) in [5, 5.41) is 4.07. The summed E-state index contributed by atoms with van der Waals surface area (Å²) in [4.78, 5) is 4.48. The maximum Gasteiger partial charge on any atom is 0.260 e. The fourth-order valence-electron chi connectivity index (χ4n) is 2.36. The number of aromatic nitrogens is 2. The molecule has 0 aliphatic carbocycles. The van der Waals surface area contributed by atoms with Crippen LogP contribution < -0.4 is 5.73 Å². The van der Waals surface area contributed by atoms with E-state index in [1.54, 1.807) is 0 Å². The van der Waals surface area contributed by atoms with E-state index >= 15 is 0 Å². The van der Waals surface area contributed by atoms with Gasteiger partial charge in [-0.25, -0.2) is 0 Å². The first kappa shape index (κ1) is 15.5. The minimum Gasteiger partial charge on any atom is -0.398 e. The maximum absolute atomic E-state index is 6.13. The molecule has 2 aromatic rings. The van der Waals surface area contributed by atoms with Crippen molar-refractivity contribution in [3.05, 3.63) is 29.1 Å². The third-order valence-corrected chi connectivity index (χ3v) is 3.41. The summed E-state index contributed by atoms with van der Waals surface area (Å²) in [6, 6.07) is 4.00. The van der Waals surface area contributed by atoms with Gasteiger partial charge in [0.1, 0.15) is 6.10 Å². The van der Waals surface area contributed by atoms with E-state index in [-0.39, 0.29) is 12.0 Å². The molecular formula is C16H23N3O2. The van der Waals surface area contributed by atoms with Crippen LogP contribution >= 0.6 is 0 Å². The largest absolute Gasteiger partial charge is 0.398 e. The van der Waals surface area contributed by atoms with Crippen molar-refractivity contribution < 1.29 is 9.26 Å². The van der Waals surface area contributed by atoms with Crippen molar-refractivity contribution in [1.29, 1.82) is 0 Å². The Morgan fingerprint density at radius 2 is 2.00 bits per heavy atom. The molecule has 0 saturated carbocycles. The Balaban J connectivity index is 2.40. The van der Waals surface area contributed by atoms with Crippen LogP contribution in [0.15, 0.2) is 16.7 Å². The third-order valence-electron chi connectivity index (χ3n) is 3.41. The van der Waals surface area contributed by atoms with Crippen LogP contribution in [0.2, 0.25) is 0 Å². The number of rotatable bonds is 5. The number of anilines is 1. The maximum atomic E-state index is 6.13. The van der Waals surface area contributed by atoms with E-state index in [0.717, 1.165) is 16.7 Å². The topological polar surface area (TPSA) is 74.2 Å².